The van der Waals surface area contributed by atoms with Crippen molar-refractivity contribution in [3.8, 4) is 11.3 Å². The number of nitro benzene ring substituents is 1. The van der Waals surface area contributed by atoms with Crippen LogP contribution in [0.1, 0.15) is 19.4 Å². The first-order valence-corrected chi connectivity index (χ1v) is 13.8. The third-order valence-corrected chi connectivity index (χ3v) is 9.11. The highest BCUT2D eigenvalue weighted by Crippen LogP contribution is 2.52. The molecule has 1 aromatic heterocycles. The van der Waals surface area contributed by atoms with Gasteiger partial charge in [0.2, 0.25) is 5.91 Å². The Bertz CT molecular complexity index is 1440. The molecule has 0 bridgehead atoms. The largest absolute Gasteiger partial charge is 0.456 e. The van der Waals surface area contributed by atoms with Crippen molar-refractivity contribution in [1.82, 2.24) is 9.88 Å². The van der Waals surface area contributed by atoms with Crippen molar-refractivity contribution >= 4 is 52.3 Å². The fourth-order valence-electron chi connectivity index (χ4n) is 4.73. The van der Waals surface area contributed by atoms with Gasteiger partial charge in [-0.3, -0.25) is 14.9 Å². The molecule has 9 nitrogen and oxygen atoms in total. The molecule has 0 spiro atoms. The van der Waals surface area contributed by atoms with Crippen LogP contribution in [0.2, 0.25) is 5.02 Å². The number of aliphatic hydroxyl groups excluding tert-OH is 1. The molecule has 1 N–H and O–H groups in total. The van der Waals surface area contributed by atoms with Crippen LogP contribution in [0.4, 0.5) is 5.69 Å². The van der Waals surface area contributed by atoms with Crippen molar-refractivity contribution in [3.05, 3.63) is 85.2 Å². The highest BCUT2D eigenvalue weighted by Gasteiger charge is 2.60. The Hall–Kier alpha value is -3.25. The number of fused-ring (bicyclic) bond motifs is 1. The second kappa shape index (κ2) is 10.5. The van der Waals surface area contributed by atoms with Gasteiger partial charge in [-0.1, -0.05) is 42.4 Å². The number of hydrogen-bond acceptors (Lipinski definition) is 9. The molecule has 2 aliphatic rings. The number of carbonyl (C=O) groups excluding carboxylic acids is 2. The molecule has 1 saturated heterocycles. The molecule has 3 aromatic rings. The number of esters is 1. The van der Waals surface area contributed by atoms with Gasteiger partial charge in [0.05, 0.1) is 28.7 Å². The van der Waals surface area contributed by atoms with Crippen LogP contribution >= 0.6 is 34.7 Å². The monoisotopic (exact) mass is 571 g/mol. The Balaban J connectivity index is 1.40. The summed E-state index contributed by atoms with van der Waals surface area (Å²) in [4.78, 5) is 43.5. The summed E-state index contributed by atoms with van der Waals surface area (Å²) >= 11 is 8.73. The molecule has 0 aliphatic carbocycles. The van der Waals surface area contributed by atoms with Gasteiger partial charge in [0.15, 0.2) is 4.34 Å². The lowest BCUT2D eigenvalue weighted by Crippen LogP contribution is -2.63. The maximum absolute atomic E-state index is 13.3. The number of rotatable bonds is 8. The van der Waals surface area contributed by atoms with E-state index in [1.807, 2.05) is 24.4 Å². The molecule has 1 amide bonds. The summed E-state index contributed by atoms with van der Waals surface area (Å²) in [6.07, 6.45) is -0.857. The van der Waals surface area contributed by atoms with Gasteiger partial charge in [0.1, 0.15) is 12.3 Å². The van der Waals surface area contributed by atoms with Crippen LogP contribution in [-0.2, 0) is 20.9 Å². The van der Waals surface area contributed by atoms with Crippen LogP contribution in [-0.4, -0.2) is 43.9 Å². The zero-order chi connectivity index (χ0) is 27.1. The minimum Gasteiger partial charge on any atom is -0.456 e. The first-order valence-electron chi connectivity index (χ1n) is 11.7. The minimum absolute atomic E-state index is 0.0642. The summed E-state index contributed by atoms with van der Waals surface area (Å²) in [6.45, 7) is 3.38. The highest BCUT2D eigenvalue weighted by atomic mass is 35.5. The number of β-lactam (4-membered cyclic amide) rings is 1. The Morgan fingerprint density at radius 3 is 2.58 bits per heavy atom. The first-order chi connectivity index (χ1) is 18.2. The van der Waals surface area contributed by atoms with E-state index in [0.29, 0.717) is 19.8 Å². The molecular formula is C26H22ClN3O6S2. The predicted octanol–water partition coefficient (Wildman–Crippen LogP) is 5.28. The Morgan fingerprint density at radius 2 is 1.95 bits per heavy atom. The van der Waals surface area contributed by atoms with Crippen LogP contribution in [0.3, 0.4) is 0 Å². The molecule has 4 atom stereocenters. The molecule has 38 heavy (non-hydrogen) atoms. The third-order valence-electron chi connectivity index (χ3n) is 6.64. The van der Waals surface area contributed by atoms with Gasteiger partial charge < -0.3 is 14.7 Å². The average Bonchev–Trinajstić information content (AvgIpc) is 3.44. The van der Waals surface area contributed by atoms with E-state index in [1.165, 1.54) is 52.3 Å². The number of aromatic nitrogens is 1. The number of benzene rings is 2. The topological polar surface area (TPSA) is 123 Å². The van der Waals surface area contributed by atoms with Gasteiger partial charge in [0, 0.05) is 38.9 Å². The average molecular weight is 572 g/mol. The molecule has 2 aliphatic heterocycles. The van der Waals surface area contributed by atoms with Gasteiger partial charge in [0.25, 0.3) is 5.69 Å². The number of thiazole rings is 1. The summed E-state index contributed by atoms with van der Waals surface area (Å²) < 4.78 is 6.24. The normalized spacial score (nSPS) is 21.2. The number of hydrogen-bond donors (Lipinski definition) is 1. The van der Waals surface area contributed by atoms with Gasteiger partial charge in [-0.05, 0) is 36.8 Å². The summed E-state index contributed by atoms with van der Waals surface area (Å²) in [5.41, 5.74) is 2.33. The van der Waals surface area contributed by atoms with E-state index in [0.717, 1.165) is 11.3 Å². The van der Waals surface area contributed by atoms with Crippen molar-refractivity contribution in [3.63, 3.8) is 0 Å². The summed E-state index contributed by atoms with van der Waals surface area (Å²) in [5.74, 6) is -1.83. The number of carbonyl (C=O) groups is 2. The van der Waals surface area contributed by atoms with E-state index in [1.54, 1.807) is 19.1 Å². The Labute approximate surface area is 231 Å². The van der Waals surface area contributed by atoms with Gasteiger partial charge in [-0.15, -0.1) is 11.3 Å². The zero-order valence-corrected chi connectivity index (χ0v) is 22.6. The number of nitrogens with zero attached hydrogens (tertiary/aromatic N) is 3. The molecule has 5 rings (SSSR count). The third kappa shape index (κ3) is 4.82. The fraction of sp³-hybridized carbons (Fsp3) is 0.269. The van der Waals surface area contributed by atoms with Gasteiger partial charge in [-0.2, -0.15) is 0 Å². The Kier molecular flexibility index (Phi) is 7.28. The molecule has 196 valence electrons. The molecule has 2 aromatic carbocycles. The summed E-state index contributed by atoms with van der Waals surface area (Å²) in [5, 5.41) is 23.6. The second-order valence-corrected chi connectivity index (χ2v) is 11.7. The Morgan fingerprint density at radius 1 is 1.26 bits per heavy atom. The van der Waals surface area contributed by atoms with Crippen molar-refractivity contribution in [1.29, 1.82) is 0 Å². The van der Waals surface area contributed by atoms with E-state index in [2.05, 4.69) is 0 Å². The van der Waals surface area contributed by atoms with Crippen LogP contribution < -0.4 is 0 Å². The van der Waals surface area contributed by atoms with Crippen molar-refractivity contribution in [2.75, 3.05) is 0 Å². The van der Waals surface area contributed by atoms with Crippen molar-refractivity contribution < 1.29 is 24.4 Å². The smallest absolute Gasteiger partial charge is 0.356 e. The number of non-ortho nitro benzene ring substituents is 1. The van der Waals surface area contributed by atoms with Crippen molar-refractivity contribution in [2.45, 2.75) is 36.9 Å². The SMILES string of the molecule is CC(O)[C@H]1C(=O)N2C(C(=O)OCc3ccc([N+](=O)[O-])cc3)=C(Sc3nc(-c4ccc(Cl)cc4)cs3)[C@H](C)[C@H]12. The highest BCUT2D eigenvalue weighted by molar-refractivity contribution is 8.04. The van der Waals surface area contributed by atoms with E-state index in [-0.39, 0.29) is 35.9 Å². The second-order valence-electron chi connectivity index (χ2n) is 9.07. The molecule has 3 heterocycles. The maximum Gasteiger partial charge on any atom is 0.356 e. The predicted molar refractivity (Wildman–Crippen MR) is 143 cm³/mol. The lowest BCUT2D eigenvalue weighted by Gasteiger charge is -2.46. The van der Waals surface area contributed by atoms with Gasteiger partial charge in [-0.25, -0.2) is 9.78 Å². The molecule has 0 radical (unpaired) electrons. The quantitative estimate of drug-likeness (QED) is 0.168. The van der Waals surface area contributed by atoms with Crippen LogP contribution in [0.25, 0.3) is 11.3 Å². The molecule has 1 fully saturated rings. The maximum atomic E-state index is 13.3. The number of ether oxygens (including phenoxy) is 1. The van der Waals surface area contributed by atoms with Crippen LogP contribution in [0.5, 0.6) is 0 Å². The number of amides is 1. The van der Waals surface area contributed by atoms with Crippen LogP contribution in [0.15, 0.2) is 68.9 Å². The molecule has 12 heteroatoms. The lowest BCUT2D eigenvalue weighted by molar-refractivity contribution is -0.384. The lowest BCUT2D eigenvalue weighted by atomic mass is 9.79. The minimum atomic E-state index is -0.857. The van der Waals surface area contributed by atoms with E-state index >= 15 is 0 Å². The van der Waals surface area contributed by atoms with E-state index in [4.69, 9.17) is 21.3 Å². The molecular weight excluding hydrogens is 550 g/mol. The van der Waals surface area contributed by atoms with Crippen molar-refractivity contribution in [2.24, 2.45) is 11.8 Å². The first kappa shape index (κ1) is 26.4. The van der Waals surface area contributed by atoms with E-state index < -0.39 is 22.9 Å². The fourth-order valence-corrected chi connectivity index (χ4v) is 6.95. The van der Waals surface area contributed by atoms with E-state index in [9.17, 15) is 24.8 Å². The number of thioether (sulfide) groups is 1. The molecule has 1 unspecified atom stereocenters. The summed E-state index contributed by atoms with van der Waals surface area (Å²) in [7, 11) is 0. The summed E-state index contributed by atoms with van der Waals surface area (Å²) in [6, 6.07) is 12.7. The number of nitro groups is 1. The van der Waals surface area contributed by atoms with Crippen LogP contribution in [0, 0.1) is 22.0 Å². The standard InChI is InChI=1S/C26H22ClN3O6S2/c1-13-21-20(14(2)31)24(32)29(21)22(25(33)36-11-15-3-9-18(10-4-15)30(34)35)23(13)38-26-28-19(12-37-26)16-5-7-17(27)8-6-16/h3-10,12-14,20-21,31H,11H2,1-2H3/t13-,14?,20-,21-/m1/s1. The molecule has 0 saturated carbocycles. The number of aliphatic hydroxyl groups is 1. The number of halogens is 1. The zero-order valence-electron chi connectivity index (χ0n) is 20.2. The van der Waals surface area contributed by atoms with Gasteiger partial charge >= 0.3 is 5.97 Å².